The SMILES string of the molecule is CSCCC(=O)c1cc(F)c(Cl)c(F)c1. The zero-order valence-corrected chi connectivity index (χ0v) is 9.59. The van der Waals surface area contributed by atoms with Crippen molar-refractivity contribution in [3.05, 3.63) is 34.4 Å². The third-order valence-corrected chi connectivity index (χ3v) is 2.81. The van der Waals surface area contributed by atoms with Gasteiger partial charge in [0.1, 0.15) is 16.7 Å². The highest BCUT2D eigenvalue weighted by atomic mass is 35.5. The summed E-state index contributed by atoms with van der Waals surface area (Å²) in [4.78, 5) is 11.4. The molecule has 0 aliphatic carbocycles. The van der Waals surface area contributed by atoms with E-state index in [0.29, 0.717) is 5.75 Å². The fourth-order valence-electron chi connectivity index (χ4n) is 1.06. The molecule has 0 N–H and O–H groups in total. The van der Waals surface area contributed by atoms with Gasteiger partial charge in [0.25, 0.3) is 0 Å². The number of ketones is 1. The van der Waals surface area contributed by atoms with Crippen molar-refractivity contribution in [3.63, 3.8) is 0 Å². The van der Waals surface area contributed by atoms with Gasteiger partial charge in [0.05, 0.1) is 0 Å². The van der Waals surface area contributed by atoms with Crippen LogP contribution in [0.4, 0.5) is 8.78 Å². The van der Waals surface area contributed by atoms with Crippen LogP contribution in [0.25, 0.3) is 0 Å². The second kappa shape index (κ2) is 5.47. The molecule has 15 heavy (non-hydrogen) atoms. The molecule has 1 aromatic carbocycles. The Morgan fingerprint density at radius 3 is 2.40 bits per heavy atom. The summed E-state index contributed by atoms with van der Waals surface area (Å²) in [6.45, 7) is 0. The summed E-state index contributed by atoms with van der Waals surface area (Å²) in [5.74, 6) is -1.45. The molecule has 0 aliphatic heterocycles. The molecule has 0 saturated heterocycles. The summed E-state index contributed by atoms with van der Waals surface area (Å²) >= 11 is 6.80. The number of Topliss-reactive ketones (excluding diaryl/α,β-unsaturated/α-hetero) is 1. The van der Waals surface area contributed by atoms with Crippen LogP contribution in [0.5, 0.6) is 0 Å². The Bertz CT molecular complexity index is 359. The summed E-state index contributed by atoms with van der Waals surface area (Å²) in [6, 6.07) is 1.93. The Morgan fingerprint density at radius 2 is 1.93 bits per heavy atom. The molecule has 0 heterocycles. The lowest BCUT2D eigenvalue weighted by molar-refractivity contribution is 0.0988. The van der Waals surface area contributed by atoms with E-state index in [2.05, 4.69) is 0 Å². The summed E-state index contributed by atoms with van der Waals surface area (Å²) < 4.78 is 26.0. The Morgan fingerprint density at radius 1 is 1.40 bits per heavy atom. The standard InChI is InChI=1S/C10H9ClF2OS/c1-15-3-2-9(14)6-4-7(12)10(11)8(13)5-6/h4-5H,2-3H2,1H3. The van der Waals surface area contributed by atoms with E-state index < -0.39 is 16.7 Å². The first-order valence-corrected chi connectivity index (χ1v) is 6.00. The van der Waals surface area contributed by atoms with E-state index in [1.807, 2.05) is 6.26 Å². The van der Waals surface area contributed by atoms with Crippen molar-refractivity contribution >= 4 is 29.1 Å². The summed E-state index contributed by atoms with van der Waals surface area (Å²) in [5.41, 5.74) is 0.0310. The van der Waals surface area contributed by atoms with Gasteiger partial charge in [0.2, 0.25) is 0 Å². The maximum absolute atomic E-state index is 13.0. The van der Waals surface area contributed by atoms with Crippen LogP contribution in [0.2, 0.25) is 5.02 Å². The largest absolute Gasteiger partial charge is 0.294 e. The van der Waals surface area contributed by atoms with Crippen molar-refractivity contribution in [1.82, 2.24) is 0 Å². The van der Waals surface area contributed by atoms with Crippen molar-refractivity contribution < 1.29 is 13.6 Å². The van der Waals surface area contributed by atoms with E-state index in [9.17, 15) is 13.6 Å². The number of halogens is 3. The third kappa shape index (κ3) is 3.18. The molecule has 0 bridgehead atoms. The Kier molecular flexibility index (Phi) is 4.54. The number of hydrogen-bond acceptors (Lipinski definition) is 2. The first kappa shape index (κ1) is 12.5. The Labute approximate surface area is 95.8 Å². The van der Waals surface area contributed by atoms with Gasteiger partial charge in [0, 0.05) is 17.7 Å². The first-order chi connectivity index (χ1) is 7.06. The Balaban J connectivity index is 2.91. The average molecular weight is 251 g/mol. The smallest absolute Gasteiger partial charge is 0.163 e. The fourth-order valence-corrected chi connectivity index (χ4v) is 1.55. The molecule has 0 atom stereocenters. The zero-order chi connectivity index (χ0) is 11.4. The van der Waals surface area contributed by atoms with Gasteiger partial charge in [-0.3, -0.25) is 4.79 Å². The van der Waals surface area contributed by atoms with Crippen molar-refractivity contribution in [3.8, 4) is 0 Å². The highest BCUT2D eigenvalue weighted by molar-refractivity contribution is 7.98. The van der Waals surface area contributed by atoms with Crippen LogP contribution in [0.3, 0.4) is 0 Å². The molecule has 1 aromatic rings. The molecule has 1 rings (SSSR count). The molecule has 0 amide bonds. The van der Waals surface area contributed by atoms with Gasteiger partial charge < -0.3 is 0 Å². The van der Waals surface area contributed by atoms with E-state index in [-0.39, 0.29) is 17.8 Å². The van der Waals surface area contributed by atoms with E-state index in [4.69, 9.17) is 11.6 Å². The van der Waals surface area contributed by atoms with E-state index in [1.165, 1.54) is 11.8 Å². The van der Waals surface area contributed by atoms with Crippen LogP contribution in [0, 0.1) is 11.6 Å². The molecule has 0 unspecified atom stereocenters. The minimum absolute atomic E-state index is 0.0310. The average Bonchev–Trinajstić information content (AvgIpc) is 2.21. The van der Waals surface area contributed by atoms with Crippen molar-refractivity contribution in [2.75, 3.05) is 12.0 Å². The summed E-state index contributed by atoms with van der Waals surface area (Å²) in [7, 11) is 0. The van der Waals surface area contributed by atoms with Crippen LogP contribution in [-0.4, -0.2) is 17.8 Å². The molecular weight excluding hydrogens is 242 g/mol. The maximum Gasteiger partial charge on any atom is 0.163 e. The molecule has 5 heteroatoms. The molecule has 0 radical (unpaired) electrons. The molecule has 0 aromatic heterocycles. The van der Waals surface area contributed by atoms with Crippen LogP contribution in [0.1, 0.15) is 16.8 Å². The number of rotatable bonds is 4. The summed E-state index contributed by atoms with van der Waals surface area (Å²) in [6.07, 6.45) is 2.12. The van der Waals surface area contributed by atoms with Gasteiger partial charge in [-0.05, 0) is 18.4 Å². The number of carbonyl (C=O) groups excluding carboxylic acids is 1. The Hall–Kier alpha value is -0.610. The minimum Gasteiger partial charge on any atom is -0.294 e. The molecular formula is C10H9ClF2OS. The number of benzene rings is 1. The highest BCUT2D eigenvalue weighted by Gasteiger charge is 2.13. The monoisotopic (exact) mass is 250 g/mol. The van der Waals surface area contributed by atoms with E-state index >= 15 is 0 Å². The van der Waals surface area contributed by atoms with E-state index in [0.717, 1.165) is 12.1 Å². The van der Waals surface area contributed by atoms with Crippen molar-refractivity contribution in [2.45, 2.75) is 6.42 Å². The molecule has 0 spiro atoms. The van der Waals surface area contributed by atoms with Crippen molar-refractivity contribution in [1.29, 1.82) is 0 Å². The maximum atomic E-state index is 13.0. The van der Waals surface area contributed by atoms with Crippen molar-refractivity contribution in [2.24, 2.45) is 0 Å². The van der Waals surface area contributed by atoms with Crippen LogP contribution in [0.15, 0.2) is 12.1 Å². The molecule has 0 fully saturated rings. The van der Waals surface area contributed by atoms with Crippen LogP contribution < -0.4 is 0 Å². The number of carbonyl (C=O) groups is 1. The predicted molar refractivity (Wildman–Crippen MR) is 58.7 cm³/mol. The normalized spacial score (nSPS) is 10.4. The zero-order valence-electron chi connectivity index (χ0n) is 8.02. The lowest BCUT2D eigenvalue weighted by Gasteiger charge is -2.02. The third-order valence-electron chi connectivity index (χ3n) is 1.84. The lowest BCUT2D eigenvalue weighted by atomic mass is 10.1. The fraction of sp³-hybridized carbons (Fsp3) is 0.300. The second-order valence-electron chi connectivity index (χ2n) is 2.92. The van der Waals surface area contributed by atoms with Gasteiger partial charge in [-0.15, -0.1) is 0 Å². The predicted octanol–water partition coefficient (Wildman–Crippen LogP) is 3.55. The number of thioether (sulfide) groups is 1. The molecule has 1 nitrogen and oxygen atoms in total. The van der Waals surface area contributed by atoms with Crippen LogP contribution in [-0.2, 0) is 0 Å². The molecule has 0 aliphatic rings. The first-order valence-electron chi connectivity index (χ1n) is 4.23. The topological polar surface area (TPSA) is 17.1 Å². The highest BCUT2D eigenvalue weighted by Crippen LogP contribution is 2.21. The second-order valence-corrected chi connectivity index (χ2v) is 4.28. The van der Waals surface area contributed by atoms with Gasteiger partial charge in [-0.2, -0.15) is 11.8 Å². The lowest BCUT2D eigenvalue weighted by Crippen LogP contribution is -2.02. The minimum atomic E-state index is -0.899. The summed E-state index contributed by atoms with van der Waals surface area (Å²) in [5, 5.41) is -0.573. The van der Waals surface area contributed by atoms with Gasteiger partial charge in [0.15, 0.2) is 5.78 Å². The van der Waals surface area contributed by atoms with Crippen LogP contribution >= 0.6 is 23.4 Å². The van der Waals surface area contributed by atoms with Gasteiger partial charge in [-0.1, -0.05) is 11.6 Å². The van der Waals surface area contributed by atoms with Gasteiger partial charge in [-0.25, -0.2) is 8.78 Å². The number of hydrogen-bond donors (Lipinski definition) is 0. The van der Waals surface area contributed by atoms with E-state index in [1.54, 1.807) is 0 Å². The quantitative estimate of drug-likeness (QED) is 0.600. The molecule has 82 valence electrons. The molecule has 0 saturated carbocycles. The van der Waals surface area contributed by atoms with Gasteiger partial charge >= 0.3 is 0 Å².